The Hall–Kier alpha value is -5.39. The van der Waals surface area contributed by atoms with E-state index >= 15 is 0 Å². The number of nitrogens with two attached hydrogens (primary N) is 1. The number of nitrogens with zero attached hydrogens (tertiary/aromatic N) is 4. The molecule has 0 spiro atoms. The number of pyridine rings is 2. The van der Waals surface area contributed by atoms with Crippen LogP contribution in [0.2, 0.25) is 5.02 Å². The molecule has 2 atom stereocenters. The molecule has 4 aromatic rings. The Kier molecular flexibility index (Phi) is 13.1. The van der Waals surface area contributed by atoms with Crippen molar-refractivity contribution in [1.82, 2.24) is 19.8 Å². The number of benzene rings is 2. The number of hydrogen-bond acceptors (Lipinski definition) is 11. The smallest absolute Gasteiger partial charge is 0.418 e. The maximum Gasteiger partial charge on any atom is 0.418 e. The molecule has 2 aliphatic heterocycles. The van der Waals surface area contributed by atoms with Crippen molar-refractivity contribution in [2.24, 2.45) is 5.41 Å². The number of piperidine rings is 1. The Morgan fingerprint density at radius 2 is 1.68 bits per heavy atom. The zero-order valence-electron chi connectivity index (χ0n) is 32.8. The minimum atomic E-state index is -4.83. The molecule has 0 radical (unpaired) electrons. The summed E-state index contributed by atoms with van der Waals surface area (Å²) >= 11 is 6.11. The number of amides is 2. The van der Waals surface area contributed by atoms with E-state index in [0.29, 0.717) is 37.3 Å². The number of ether oxygens (including phenoxy) is 3. The van der Waals surface area contributed by atoms with E-state index in [4.69, 9.17) is 31.5 Å². The fraction of sp³-hybridized carbons (Fsp3) is 0.439. The van der Waals surface area contributed by atoms with Crippen molar-refractivity contribution >= 4 is 52.0 Å². The van der Waals surface area contributed by atoms with Gasteiger partial charge in [0.2, 0.25) is 0 Å². The second-order valence-electron chi connectivity index (χ2n) is 15.7. The number of para-hydroxylation sites is 1. The van der Waals surface area contributed by atoms with Gasteiger partial charge in [0.15, 0.2) is 19.2 Å². The second-order valence-corrected chi connectivity index (χ2v) is 16.1. The summed E-state index contributed by atoms with van der Waals surface area (Å²) < 4.78 is 57.7. The van der Waals surface area contributed by atoms with Crippen LogP contribution in [-0.2, 0) is 31.6 Å². The average Bonchev–Trinajstić information content (AvgIpc) is 3.20. The number of likely N-dealkylation sites (tertiary alicyclic amines) is 1. The standard InChI is InChI=1S/C41H46ClF3N6O8/c1-40(2,3)38(55)58-23-57-37(54)27-8-9-33(47-22-27)49-14-16-50(17-15-49)36(53)32(20-24-18-29(41(43,44)45)34(46)30(42)19-24)59-39(56)51-12-10-25(11-13-51)28-21-26-6-4-5-7-31(26)48-35(28)52/h4-9,18-19,21-22,25,32,38,55H,10-17,20,23,46H2,1-3H3,(H,48,52)/t32-,38?/m1/s1. The first kappa shape index (κ1) is 43.2. The average molecular weight is 843 g/mol. The highest BCUT2D eigenvalue weighted by molar-refractivity contribution is 6.33. The van der Waals surface area contributed by atoms with Crippen LogP contribution >= 0.6 is 11.6 Å². The van der Waals surface area contributed by atoms with Gasteiger partial charge in [-0.15, -0.1) is 0 Å². The number of nitrogens with one attached hydrogen (secondary N) is 1. The highest BCUT2D eigenvalue weighted by Crippen LogP contribution is 2.38. The molecule has 4 N–H and O–H groups in total. The number of esters is 1. The van der Waals surface area contributed by atoms with Gasteiger partial charge in [-0.25, -0.2) is 14.6 Å². The number of anilines is 2. The van der Waals surface area contributed by atoms with Crippen LogP contribution in [0.5, 0.6) is 0 Å². The van der Waals surface area contributed by atoms with Crippen LogP contribution in [0.15, 0.2) is 65.6 Å². The maximum absolute atomic E-state index is 14.1. The van der Waals surface area contributed by atoms with Gasteiger partial charge in [-0.2, -0.15) is 13.2 Å². The number of hydrogen-bond donors (Lipinski definition) is 3. The van der Waals surface area contributed by atoms with Crippen molar-refractivity contribution in [1.29, 1.82) is 0 Å². The number of carbonyl (C=O) groups excluding carboxylic acids is 3. The number of aliphatic hydroxyl groups is 1. The molecule has 2 aromatic carbocycles. The molecular formula is C41H46ClF3N6O8. The molecule has 2 aromatic heterocycles. The monoisotopic (exact) mass is 842 g/mol. The third-order valence-corrected chi connectivity index (χ3v) is 10.8. The summed E-state index contributed by atoms with van der Waals surface area (Å²) in [5, 5.41) is 10.5. The molecular weight excluding hydrogens is 797 g/mol. The van der Waals surface area contributed by atoms with Crippen molar-refractivity contribution in [3.8, 4) is 0 Å². The second kappa shape index (κ2) is 17.8. The number of H-pyrrole nitrogens is 1. The van der Waals surface area contributed by atoms with E-state index in [1.54, 1.807) is 26.8 Å². The molecule has 0 saturated carbocycles. The molecule has 2 saturated heterocycles. The predicted octanol–water partition coefficient (Wildman–Crippen LogP) is 5.95. The number of halogens is 4. The lowest BCUT2D eigenvalue weighted by molar-refractivity contribution is -0.197. The zero-order chi connectivity index (χ0) is 42.6. The first-order chi connectivity index (χ1) is 27.9. The lowest BCUT2D eigenvalue weighted by Crippen LogP contribution is -2.53. The lowest BCUT2D eigenvalue weighted by Gasteiger charge is -2.37. The molecule has 4 heterocycles. The lowest BCUT2D eigenvalue weighted by atomic mass is 9.89. The molecule has 6 rings (SSSR count). The Morgan fingerprint density at radius 3 is 2.32 bits per heavy atom. The number of nitrogen functional groups attached to an aromatic ring is 1. The van der Waals surface area contributed by atoms with Crippen LogP contribution in [-0.4, -0.2) is 101 Å². The van der Waals surface area contributed by atoms with Gasteiger partial charge < -0.3 is 44.7 Å². The normalized spacial score (nSPS) is 16.5. The van der Waals surface area contributed by atoms with Crippen molar-refractivity contribution in [3.05, 3.63) is 98.4 Å². The SMILES string of the molecule is CC(C)(C)C(O)OCOC(=O)c1ccc(N2CCN(C(=O)[C@@H](Cc3cc(Cl)c(N)c(C(F)(F)F)c3)OC(=O)N3CCC(c4cc5ccccc5[nH]c4=O)CC3)CC2)nc1. The summed E-state index contributed by atoms with van der Waals surface area (Å²) in [7, 11) is 0. The Balaban J connectivity index is 1.11. The first-order valence-corrected chi connectivity index (χ1v) is 19.5. The molecule has 14 nitrogen and oxygen atoms in total. The summed E-state index contributed by atoms with van der Waals surface area (Å²) in [5.41, 5.74) is 4.53. The summed E-state index contributed by atoms with van der Waals surface area (Å²) in [6.07, 6.45) is -6.46. The van der Waals surface area contributed by atoms with E-state index in [1.165, 1.54) is 28.1 Å². The summed E-state index contributed by atoms with van der Waals surface area (Å²) in [4.78, 5) is 65.1. The molecule has 0 aliphatic carbocycles. The number of aromatic amines is 1. The maximum atomic E-state index is 14.1. The Labute approximate surface area is 343 Å². The van der Waals surface area contributed by atoms with Gasteiger partial charge in [0, 0.05) is 68.4 Å². The minimum Gasteiger partial charge on any atom is -0.436 e. The van der Waals surface area contributed by atoms with E-state index in [-0.39, 0.29) is 53.8 Å². The number of piperazine rings is 1. The van der Waals surface area contributed by atoms with Gasteiger partial charge in [0.1, 0.15) is 5.82 Å². The minimum absolute atomic E-state index is 0.00434. The van der Waals surface area contributed by atoms with Crippen molar-refractivity contribution in [3.63, 3.8) is 0 Å². The third kappa shape index (κ3) is 10.4. The zero-order valence-corrected chi connectivity index (χ0v) is 33.5. The molecule has 2 fully saturated rings. The number of fused-ring (bicyclic) bond motifs is 1. The summed E-state index contributed by atoms with van der Waals surface area (Å²) in [6, 6.07) is 14.4. The molecule has 2 amide bonds. The molecule has 1 unspecified atom stereocenters. The van der Waals surface area contributed by atoms with Gasteiger partial charge in [-0.3, -0.25) is 9.59 Å². The van der Waals surface area contributed by atoms with Crippen molar-refractivity contribution in [2.45, 2.75) is 64.5 Å². The van der Waals surface area contributed by atoms with Gasteiger partial charge in [-0.1, -0.05) is 50.6 Å². The quantitative estimate of drug-likeness (QED) is 0.0976. The van der Waals surface area contributed by atoms with Gasteiger partial charge in [-0.05, 0) is 66.1 Å². The molecule has 2 aliphatic rings. The highest BCUT2D eigenvalue weighted by atomic mass is 35.5. The van der Waals surface area contributed by atoms with E-state index < -0.39 is 66.4 Å². The third-order valence-electron chi connectivity index (χ3n) is 10.5. The summed E-state index contributed by atoms with van der Waals surface area (Å²) in [6.45, 7) is 6.22. The number of rotatable bonds is 10. The molecule has 18 heteroatoms. The van der Waals surface area contributed by atoms with Gasteiger partial charge >= 0.3 is 18.2 Å². The largest absolute Gasteiger partial charge is 0.436 e. The van der Waals surface area contributed by atoms with Gasteiger partial charge in [0.25, 0.3) is 11.5 Å². The van der Waals surface area contributed by atoms with Crippen LogP contribution < -0.4 is 16.2 Å². The van der Waals surface area contributed by atoms with Crippen molar-refractivity contribution in [2.75, 3.05) is 56.7 Å². The number of aromatic nitrogens is 2. The summed E-state index contributed by atoms with van der Waals surface area (Å²) in [5.74, 6) is -0.926. The fourth-order valence-corrected chi connectivity index (χ4v) is 7.24. The van der Waals surface area contributed by atoms with E-state index in [2.05, 4.69) is 9.97 Å². The van der Waals surface area contributed by atoms with Crippen LogP contribution in [0.25, 0.3) is 10.9 Å². The highest BCUT2D eigenvalue weighted by Gasteiger charge is 2.37. The van der Waals surface area contributed by atoms with Crippen LogP contribution in [0, 0.1) is 5.41 Å². The predicted molar refractivity (Wildman–Crippen MR) is 213 cm³/mol. The van der Waals surface area contributed by atoms with E-state index in [1.807, 2.05) is 35.2 Å². The van der Waals surface area contributed by atoms with Crippen LogP contribution in [0.4, 0.5) is 29.5 Å². The number of alkyl halides is 3. The van der Waals surface area contributed by atoms with E-state index in [0.717, 1.165) is 17.0 Å². The Morgan fingerprint density at radius 1 is 0.983 bits per heavy atom. The van der Waals surface area contributed by atoms with E-state index in [9.17, 15) is 37.5 Å². The molecule has 0 bridgehead atoms. The number of carbonyl (C=O) groups is 3. The van der Waals surface area contributed by atoms with Gasteiger partial charge in [0.05, 0.1) is 21.8 Å². The van der Waals surface area contributed by atoms with Crippen molar-refractivity contribution < 1.29 is 46.9 Å². The molecule has 316 valence electrons. The van der Waals surface area contributed by atoms with Crippen LogP contribution in [0.3, 0.4) is 0 Å². The topological polar surface area (TPSA) is 181 Å². The molecule has 59 heavy (non-hydrogen) atoms. The van der Waals surface area contributed by atoms with Crippen LogP contribution in [0.1, 0.15) is 66.6 Å². The number of aliphatic hydroxyl groups excluding tert-OH is 1. The fourth-order valence-electron chi connectivity index (χ4n) is 7.00. The first-order valence-electron chi connectivity index (χ1n) is 19.1. The Bertz CT molecular complexity index is 2220.